The first-order chi connectivity index (χ1) is 7.74. The molecule has 1 saturated carbocycles. The third-order valence-corrected chi connectivity index (χ3v) is 5.45. The van der Waals surface area contributed by atoms with E-state index in [1.54, 1.807) is 0 Å². The van der Waals surface area contributed by atoms with Crippen molar-refractivity contribution in [3.63, 3.8) is 0 Å². The highest BCUT2D eigenvalue weighted by Crippen LogP contribution is 2.43. The molecule has 1 aliphatic heterocycles. The lowest BCUT2D eigenvalue weighted by atomic mass is 9.83. The van der Waals surface area contributed by atoms with Crippen molar-refractivity contribution in [2.75, 3.05) is 5.33 Å². The summed E-state index contributed by atoms with van der Waals surface area (Å²) in [7, 11) is 0. The minimum Gasteiger partial charge on any atom is -0.372 e. The Hall–Kier alpha value is 0.440. The van der Waals surface area contributed by atoms with Crippen LogP contribution in [-0.2, 0) is 4.74 Å². The van der Waals surface area contributed by atoms with Gasteiger partial charge in [-0.15, -0.1) is 0 Å². The summed E-state index contributed by atoms with van der Waals surface area (Å²) in [6.07, 6.45) is 12.7. The van der Waals surface area contributed by atoms with Crippen LogP contribution in [0.3, 0.4) is 0 Å². The molecule has 1 spiro atoms. The predicted molar refractivity (Wildman–Crippen MR) is 72.1 cm³/mol. The van der Waals surface area contributed by atoms with Crippen molar-refractivity contribution in [3.8, 4) is 0 Å². The van der Waals surface area contributed by atoms with Crippen LogP contribution in [0.15, 0.2) is 0 Å². The van der Waals surface area contributed by atoms with Gasteiger partial charge in [0.2, 0.25) is 0 Å². The van der Waals surface area contributed by atoms with Crippen LogP contribution >= 0.6 is 15.9 Å². The molecule has 0 aromatic carbocycles. The van der Waals surface area contributed by atoms with E-state index in [0.29, 0.717) is 11.7 Å². The molecule has 2 rings (SSSR count). The Kier molecular flexibility index (Phi) is 4.72. The van der Waals surface area contributed by atoms with Crippen molar-refractivity contribution in [3.05, 3.63) is 0 Å². The van der Waals surface area contributed by atoms with E-state index in [0.717, 1.165) is 11.2 Å². The Morgan fingerprint density at radius 1 is 1.25 bits per heavy atom. The van der Waals surface area contributed by atoms with Crippen LogP contribution in [0.4, 0.5) is 0 Å². The van der Waals surface area contributed by atoms with Crippen molar-refractivity contribution in [1.82, 2.24) is 0 Å². The highest BCUT2D eigenvalue weighted by atomic mass is 79.9. The zero-order valence-electron chi connectivity index (χ0n) is 10.5. The maximum atomic E-state index is 6.37. The summed E-state index contributed by atoms with van der Waals surface area (Å²) >= 11 is 3.55. The van der Waals surface area contributed by atoms with Gasteiger partial charge in [-0.05, 0) is 44.4 Å². The Balaban J connectivity index is 1.74. The van der Waals surface area contributed by atoms with Crippen LogP contribution in [0.25, 0.3) is 0 Å². The number of alkyl halides is 1. The van der Waals surface area contributed by atoms with E-state index in [4.69, 9.17) is 4.74 Å². The molecule has 1 heterocycles. The minimum atomic E-state index is 0.320. The quantitative estimate of drug-likeness (QED) is 0.683. The normalized spacial score (nSPS) is 30.8. The van der Waals surface area contributed by atoms with Gasteiger partial charge in [-0.25, -0.2) is 0 Å². The maximum Gasteiger partial charge on any atom is 0.0687 e. The molecule has 2 fully saturated rings. The Bertz CT molecular complexity index is 211. The van der Waals surface area contributed by atoms with Crippen LogP contribution < -0.4 is 0 Å². The fraction of sp³-hybridized carbons (Fsp3) is 1.00. The zero-order valence-corrected chi connectivity index (χ0v) is 12.1. The molecule has 16 heavy (non-hydrogen) atoms. The molecule has 94 valence electrons. The summed E-state index contributed by atoms with van der Waals surface area (Å²) in [5.41, 5.74) is 0.320. The van der Waals surface area contributed by atoms with Gasteiger partial charge < -0.3 is 4.74 Å². The Labute approximate surface area is 108 Å². The second-order valence-corrected chi connectivity index (χ2v) is 6.51. The van der Waals surface area contributed by atoms with E-state index in [1.807, 2.05) is 0 Å². The molecule has 0 N–H and O–H groups in total. The lowest BCUT2D eigenvalue weighted by Crippen LogP contribution is -2.31. The molecule has 2 unspecified atom stereocenters. The van der Waals surface area contributed by atoms with Gasteiger partial charge in [0.25, 0.3) is 0 Å². The van der Waals surface area contributed by atoms with Crippen molar-refractivity contribution < 1.29 is 4.74 Å². The number of ether oxygens (including phenoxy) is 1. The number of rotatable bonds is 4. The van der Waals surface area contributed by atoms with Crippen molar-refractivity contribution in [2.24, 2.45) is 5.92 Å². The molecule has 2 aliphatic rings. The topological polar surface area (TPSA) is 9.23 Å². The molecule has 2 atom stereocenters. The summed E-state index contributed by atoms with van der Waals surface area (Å²) in [4.78, 5) is 0. The van der Waals surface area contributed by atoms with Crippen molar-refractivity contribution >= 4 is 15.9 Å². The predicted octanol–water partition coefficient (Wildman–Crippen LogP) is 4.68. The molecule has 1 saturated heterocycles. The van der Waals surface area contributed by atoms with Crippen molar-refractivity contribution in [1.29, 1.82) is 0 Å². The van der Waals surface area contributed by atoms with Gasteiger partial charge in [-0.2, -0.15) is 0 Å². The van der Waals surface area contributed by atoms with Gasteiger partial charge in [0.05, 0.1) is 11.7 Å². The third-order valence-electron chi connectivity index (χ3n) is 4.35. The zero-order chi connectivity index (χ0) is 11.4. The van der Waals surface area contributed by atoms with Gasteiger partial charge in [0.1, 0.15) is 0 Å². The van der Waals surface area contributed by atoms with Crippen LogP contribution in [0.1, 0.15) is 64.7 Å². The van der Waals surface area contributed by atoms with Gasteiger partial charge in [0, 0.05) is 5.33 Å². The van der Waals surface area contributed by atoms with E-state index < -0.39 is 0 Å². The second-order valence-electron chi connectivity index (χ2n) is 5.86. The van der Waals surface area contributed by atoms with Gasteiger partial charge >= 0.3 is 0 Å². The lowest BCUT2D eigenvalue weighted by Gasteiger charge is -2.33. The smallest absolute Gasteiger partial charge is 0.0687 e. The first-order valence-corrected chi connectivity index (χ1v) is 8.10. The molecule has 0 aromatic heterocycles. The Morgan fingerprint density at radius 3 is 2.69 bits per heavy atom. The molecule has 0 bridgehead atoms. The van der Waals surface area contributed by atoms with Crippen LogP contribution in [0.2, 0.25) is 0 Å². The van der Waals surface area contributed by atoms with E-state index in [-0.39, 0.29) is 0 Å². The van der Waals surface area contributed by atoms with E-state index >= 15 is 0 Å². The summed E-state index contributed by atoms with van der Waals surface area (Å²) in [6, 6.07) is 0. The summed E-state index contributed by atoms with van der Waals surface area (Å²) in [6.45, 7) is 2.32. The fourth-order valence-electron chi connectivity index (χ4n) is 3.21. The van der Waals surface area contributed by atoms with Crippen molar-refractivity contribution in [2.45, 2.75) is 76.4 Å². The number of hydrogen-bond donors (Lipinski definition) is 0. The molecular formula is C14H25BrO. The summed E-state index contributed by atoms with van der Waals surface area (Å²) < 4.78 is 6.37. The third kappa shape index (κ3) is 3.22. The van der Waals surface area contributed by atoms with Gasteiger partial charge in [-0.3, -0.25) is 0 Å². The van der Waals surface area contributed by atoms with E-state index in [2.05, 4.69) is 22.9 Å². The average molecular weight is 289 g/mol. The monoisotopic (exact) mass is 288 g/mol. The molecule has 1 nitrogen and oxygen atoms in total. The van der Waals surface area contributed by atoms with E-state index in [9.17, 15) is 0 Å². The standard InChI is InChI=1S/C14H25BrO/c1-12(11-15)5-6-13-7-10-14(16-13)8-3-2-4-9-14/h12-13H,2-11H2,1H3. The maximum absolute atomic E-state index is 6.37. The Morgan fingerprint density at radius 2 is 2.00 bits per heavy atom. The molecule has 2 heteroatoms. The first kappa shape index (κ1) is 12.9. The highest BCUT2D eigenvalue weighted by molar-refractivity contribution is 9.09. The first-order valence-electron chi connectivity index (χ1n) is 6.98. The largest absolute Gasteiger partial charge is 0.372 e. The lowest BCUT2D eigenvalue weighted by molar-refractivity contribution is -0.0666. The average Bonchev–Trinajstić information content (AvgIpc) is 2.70. The SMILES string of the molecule is CC(CBr)CCC1CCC2(CCCCC2)O1. The molecule has 0 amide bonds. The highest BCUT2D eigenvalue weighted by Gasteiger charge is 2.40. The molecule has 0 radical (unpaired) electrons. The van der Waals surface area contributed by atoms with Crippen LogP contribution in [0, 0.1) is 5.92 Å². The molecule has 1 aliphatic carbocycles. The van der Waals surface area contributed by atoms with Gasteiger partial charge in [0.15, 0.2) is 0 Å². The minimum absolute atomic E-state index is 0.320. The fourth-order valence-corrected chi connectivity index (χ4v) is 3.53. The summed E-state index contributed by atoms with van der Waals surface area (Å²) in [5, 5.41) is 1.13. The second kappa shape index (κ2) is 5.86. The van der Waals surface area contributed by atoms with Crippen LogP contribution in [0.5, 0.6) is 0 Å². The number of hydrogen-bond acceptors (Lipinski definition) is 1. The molecule has 0 aromatic rings. The molecular weight excluding hydrogens is 264 g/mol. The van der Waals surface area contributed by atoms with Gasteiger partial charge in [-0.1, -0.05) is 42.1 Å². The number of halogens is 1. The van der Waals surface area contributed by atoms with Crippen LogP contribution in [-0.4, -0.2) is 17.0 Å². The van der Waals surface area contributed by atoms with E-state index in [1.165, 1.54) is 57.8 Å². The summed E-state index contributed by atoms with van der Waals surface area (Å²) in [5.74, 6) is 0.798.